The molecule has 20 rings (SSSR count). The summed E-state index contributed by atoms with van der Waals surface area (Å²) in [6.45, 7) is 36.9. The lowest BCUT2D eigenvalue weighted by Gasteiger charge is -2.24. The van der Waals surface area contributed by atoms with Crippen LogP contribution < -0.4 is 0 Å². The maximum atomic E-state index is 8.60. The molecule has 0 spiro atoms. The van der Waals surface area contributed by atoms with Gasteiger partial charge in [0.2, 0.25) is 0 Å². The molecule has 15 aromatic carbocycles. The van der Waals surface area contributed by atoms with E-state index in [1.807, 2.05) is 53.8 Å². The van der Waals surface area contributed by atoms with Crippen LogP contribution in [0.3, 0.4) is 0 Å². The summed E-state index contributed by atoms with van der Waals surface area (Å²) in [7, 11) is 0. The Labute approximate surface area is 709 Å². The Morgan fingerprint density at radius 3 is 0.949 bits per heavy atom. The molecule has 0 saturated carbocycles. The van der Waals surface area contributed by atoms with Gasteiger partial charge in [0.1, 0.15) is 22.3 Å². The number of hydrogen-bond donors (Lipinski definition) is 0. The number of rotatable bonds is 5. The lowest BCUT2D eigenvalue weighted by atomic mass is 9.83. The van der Waals surface area contributed by atoms with Gasteiger partial charge in [-0.25, -0.2) is 0 Å². The molecule has 0 radical (unpaired) electrons. The van der Waals surface area contributed by atoms with Crippen molar-refractivity contribution >= 4 is 129 Å². The Kier molecular flexibility index (Phi) is 18.8. The van der Waals surface area contributed by atoms with Gasteiger partial charge in [-0.2, -0.15) is 0 Å². The van der Waals surface area contributed by atoms with Crippen LogP contribution >= 0.6 is 22.7 Å². The molecular formula is C112H105NO2S2. The zero-order valence-corrected chi connectivity index (χ0v) is 71.8. The summed E-state index contributed by atoms with van der Waals surface area (Å²) in [6.07, 6.45) is 0. The van der Waals surface area contributed by atoms with Crippen LogP contribution in [0.15, 0.2) is 336 Å². The summed E-state index contributed by atoms with van der Waals surface area (Å²) < 4.78 is 86.3. The standard InChI is InChI=1S/C23H22O.C23H22S.C22H21N.C22H20O.C22H20S/c2*1-15-8-5-9-16(14-15)17-10-6-12-19-21(17)22-18(23(2,3)4)11-7-13-20(22)24-19;1-22(2,3)18-12-6-9-15-21(18)23-19-13-7-4-10-16(19)17-11-5-8-14-20(17)23;2*1-22(2,3)17-12-8-14-19-21(17)20-16(11-7-13-18(20)23-19)15-9-5-4-6-10-15/h2*5-14H,1-4H3;4-15H,1-3H3;2*4-14H,1-3H3/i2*5D,8D,9D,14D;;;. The molecule has 0 saturated heterocycles. The van der Waals surface area contributed by atoms with Gasteiger partial charge in [0, 0.05) is 78.3 Å². The van der Waals surface area contributed by atoms with Gasteiger partial charge >= 0.3 is 0 Å². The number of furan rings is 2. The maximum Gasteiger partial charge on any atom is 0.136 e. The molecule has 3 nitrogen and oxygen atoms in total. The molecule has 0 N–H and O–H groups in total. The number of thiophene rings is 2. The molecule has 0 aliphatic carbocycles. The fourth-order valence-corrected chi connectivity index (χ4v) is 19.0. The highest BCUT2D eigenvalue weighted by Gasteiger charge is 2.28. The summed E-state index contributed by atoms with van der Waals surface area (Å²) in [6, 6.07) is 97.3. The van der Waals surface area contributed by atoms with Crippen molar-refractivity contribution in [1.82, 2.24) is 4.57 Å². The van der Waals surface area contributed by atoms with Gasteiger partial charge < -0.3 is 13.4 Å². The van der Waals surface area contributed by atoms with Crippen LogP contribution in [0.5, 0.6) is 0 Å². The molecule has 0 atom stereocenters. The molecular weight excluding hydrogens is 1460 g/mol. The highest BCUT2D eigenvalue weighted by atomic mass is 32.1. The molecule has 0 unspecified atom stereocenters. The molecule has 0 aliphatic rings. The van der Waals surface area contributed by atoms with E-state index in [-0.39, 0.29) is 75.4 Å². The molecule has 117 heavy (non-hydrogen) atoms. The number of hydrogen-bond acceptors (Lipinski definition) is 4. The Hall–Kier alpha value is -11.9. The Morgan fingerprint density at radius 1 is 0.256 bits per heavy atom. The monoisotopic (exact) mass is 1570 g/mol. The van der Waals surface area contributed by atoms with Gasteiger partial charge in [-0.05, 0) is 180 Å². The fraction of sp³-hybridized carbons (Fsp3) is 0.196. The molecule has 20 aromatic rings. The predicted molar refractivity (Wildman–Crippen MR) is 512 cm³/mol. The second kappa shape index (κ2) is 31.6. The fourth-order valence-electron chi connectivity index (χ4n) is 16.7. The molecule has 0 bridgehead atoms. The first-order chi connectivity index (χ1) is 59.4. The predicted octanol–water partition coefficient (Wildman–Crippen LogP) is 33.8. The first kappa shape index (κ1) is 69.4. The first-order valence-electron chi connectivity index (χ1n) is 44.6. The summed E-state index contributed by atoms with van der Waals surface area (Å²) >= 11 is 3.62. The number of nitrogens with zero attached hydrogens (tertiary/aromatic N) is 1. The zero-order valence-electron chi connectivity index (χ0n) is 78.1. The number of fused-ring (bicyclic) bond motifs is 15. The van der Waals surface area contributed by atoms with Crippen LogP contribution in [0.25, 0.3) is 156 Å². The average Bonchev–Trinajstić information content (AvgIpc) is 1.66. The lowest BCUT2D eigenvalue weighted by Crippen LogP contribution is -2.15. The van der Waals surface area contributed by atoms with Crippen LogP contribution in [-0.2, 0) is 27.1 Å². The van der Waals surface area contributed by atoms with Gasteiger partial charge in [0.15, 0.2) is 0 Å². The smallest absolute Gasteiger partial charge is 0.136 e. The topological polar surface area (TPSA) is 31.2 Å². The van der Waals surface area contributed by atoms with Crippen molar-refractivity contribution in [3.05, 3.63) is 366 Å². The normalized spacial score (nSPS) is 13.1. The summed E-state index contributed by atoms with van der Waals surface area (Å²) in [5.74, 6) is 0. The Balaban J connectivity index is 0.000000116. The van der Waals surface area contributed by atoms with E-state index in [4.69, 9.17) is 19.8 Å². The minimum Gasteiger partial charge on any atom is -0.456 e. The van der Waals surface area contributed by atoms with Crippen LogP contribution in [-0.4, -0.2) is 4.57 Å². The number of benzene rings is 15. The van der Waals surface area contributed by atoms with Crippen molar-refractivity contribution in [3.8, 4) is 50.2 Å². The SMILES string of the molecule is CC(C)(C)c1cccc2oc3cccc(-c4ccccc4)c3c12.CC(C)(C)c1cccc2sc3cccc(-c4ccccc4)c3c12.CC(C)(C)c1ccccc1-n1c2ccccc2c2ccccc21.[2H]c1c([2H])c(C)c([2H])c(-c2cccc3oc4cccc(C(C)(C)C)c4c23)c1[2H].[2H]c1c([2H])c(C)c([2H])c(-c2cccc3sc4cccc(C(C)(C)C)c4c23)c1[2H]. The molecule has 0 fully saturated rings. The molecule has 0 amide bonds. The van der Waals surface area contributed by atoms with E-state index < -0.39 is 0 Å². The molecule has 5 heteroatoms. The van der Waals surface area contributed by atoms with Crippen LogP contribution in [0, 0.1) is 13.8 Å². The van der Waals surface area contributed by atoms with E-state index in [1.54, 1.807) is 25.2 Å². The average molecular weight is 1570 g/mol. The highest BCUT2D eigenvalue weighted by Crippen LogP contribution is 2.49. The third-order valence-corrected chi connectivity index (χ3v) is 24.3. The van der Waals surface area contributed by atoms with Crippen LogP contribution in [0.4, 0.5) is 0 Å². The van der Waals surface area contributed by atoms with E-state index in [1.165, 1.54) is 113 Å². The van der Waals surface area contributed by atoms with Crippen molar-refractivity contribution < 1.29 is 19.8 Å². The molecule has 0 aliphatic heterocycles. The van der Waals surface area contributed by atoms with E-state index >= 15 is 0 Å². The number of para-hydroxylation sites is 3. The molecule has 5 aromatic heterocycles. The van der Waals surface area contributed by atoms with E-state index in [0.717, 1.165) is 48.7 Å². The van der Waals surface area contributed by atoms with Gasteiger partial charge in [-0.15, -0.1) is 22.7 Å². The van der Waals surface area contributed by atoms with Gasteiger partial charge in [-0.1, -0.05) is 376 Å². The van der Waals surface area contributed by atoms with Crippen molar-refractivity contribution in [3.63, 3.8) is 0 Å². The third-order valence-electron chi connectivity index (χ3n) is 22.1. The maximum absolute atomic E-state index is 8.60. The van der Waals surface area contributed by atoms with Crippen molar-refractivity contribution in [1.29, 1.82) is 0 Å². The Bertz CT molecular complexity index is 7080. The van der Waals surface area contributed by atoms with Gasteiger partial charge in [-0.3, -0.25) is 0 Å². The van der Waals surface area contributed by atoms with Crippen molar-refractivity contribution in [2.45, 2.75) is 145 Å². The molecule has 582 valence electrons. The summed E-state index contributed by atoms with van der Waals surface area (Å²) in [5, 5.41) is 12.0. The number of aromatic nitrogens is 1. The van der Waals surface area contributed by atoms with Gasteiger partial charge in [0.05, 0.1) is 22.0 Å². The van der Waals surface area contributed by atoms with Gasteiger partial charge in [0.25, 0.3) is 0 Å². The third kappa shape index (κ3) is 15.7. The second-order valence-electron chi connectivity index (χ2n) is 35.7. The first-order valence-corrected chi connectivity index (χ1v) is 42.2. The Morgan fingerprint density at radius 2 is 0.547 bits per heavy atom. The highest BCUT2D eigenvalue weighted by molar-refractivity contribution is 7.26. The van der Waals surface area contributed by atoms with Crippen LogP contribution in [0.1, 0.15) is 154 Å². The zero-order chi connectivity index (χ0) is 88.8. The largest absolute Gasteiger partial charge is 0.456 e. The summed E-state index contributed by atoms with van der Waals surface area (Å²) in [5.41, 5.74) is 22.2. The minimum atomic E-state index is -0.149. The quantitative estimate of drug-likeness (QED) is 0.172. The van der Waals surface area contributed by atoms with Crippen LogP contribution in [0.2, 0.25) is 0 Å². The van der Waals surface area contributed by atoms with Crippen molar-refractivity contribution in [2.75, 3.05) is 0 Å². The van der Waals surface area contributed by atoms with E-state index in [0.29, 0.717) is 33.4 Å². The molecule has 5 heterocycles. The lowest BCUT2D eigenvalue weighted by molar-refractivity contribution is 0.587. The minimum absolute atomic E-state index is 0.0310. The summed E-state index contributed by atoms with van der Waals surface area (Å²) in [4.78, 5) is 0. The van der Waals surface area contributed by atoms with Crippen molar-refractivity contribution in [2.24, 2.45) is 0 Å². The second-order valence-corrected chi connectivity index (χ2v) is 37.9. The van der Waals surface area contributed by atoms with E-state index in [2.05, 4.69) is 345 Å². The van der Waals surface area contributed by atoms with E-state index in [9.17, 15) is 0 Å².